The van der Waals surface area contributed by atoms with Crippen molar-refractivity contribution in [2.45, 2.75) is 44.7 Å². The Labute approximate surface area is 147 Å². The molecular weight excluding hydrogens is 312 g/mol. The van der Waals surface area contributed by atoms with Crippen LogP contribution < -0.4 is 5.32 Å². The molecule has 1 N–H and O–H groups in total. The Morgan fingerprint density at radius 2 is 2.08 bits per heavy atom. The molecule has 0 aliphatic carbocycles. The Morgan fingerprint density at radius 1 is 1.28 bits per heavy atom. The van der Waals surface area contributed by atoms with E-state index in [0.717, 1.165) is 41.6 Å². The van der Waals surface area contributed by atoms with Crippen molar-refractivity contribution < 1.29 is 4.79 Å². The number of nitrogens with one attached hydrogen (secondary N) is 1. The molecule has 5 heteroatoms. The van der Waals surface area contributed by atoms with Gasteiger partial charge in [0.15, 0.2) is 0 Å². The highest BCUT2D eigenvalue weighted by atomic mass is 16.2. The number of carbonyl (C=O) groups excluding carboxylic acids is 1. The Balaban J connectivity index is 1.60. The van der Waals surface area contributed by atoms with Gasteiger partial charge in [-0.25, -0.2) is 4.79 Å². The van der Waals surface area contributed by atoms with Crippen molar-refractivity contribution in [2.75, 3.05) is 5.32 Å². The monoisotopic (exact) mass is 332 g/mol. The lowest BCUT2D eigenvalue weighted by Gasteiger charge is -2.52. The fourth-order valence-electron chi connectivity index (χ4n) is 4.02. The van der Waals surface area contributed by atoms with E-state index in [2.05, 4.69) is 16.4 Å². The van der Waals surface area contributed by atoms with Crippen LogP contribution in [0.15, 0.2) is 36.7 Å². The molecule has 2 atom stereocenters. The predicted octanol–water partition coefficient (Wildman–Crippen LogP) is 4.09. The average molecular weight is 332 g/mol. The second-order valence-electron chi connectivity index (χ2n) is 6.87. The zero-order valence-corrected chi connectivity index (χ0v) is 14.2. The molecule has 5 nitrogen and oxygen atoms in total. The van der Waals surface area contributed by atoms with Gasteiger partial charge in [0.2, 0.25) is 0 Å². The van der Waals surface area contributed by atoms with Gasteiger partial charge in [0.25, 0.3) is 0 Å². The number of piperidine rings is 1. The van der Waals surface area contributed by atoms with Crippen LogP contribution >= 0.6 is 0 Å². The minimum Gasteiger partial charge on any atom is -0.318 e. The maximum atomic E-state index is 12.6. The number of carbonyl (C=O) groups is 1. The Kier molecular flexibility index (Phi) is 3.89. The van der Waals surface area contributed by atoms with Crippen molar-refractivity contribution in [3.63, 3.8) is 0 Å². The second kappa shape index (κ2) is 6.21. The van der Waals surface area contributed by atoms with Gasteiger partial charge in [-0.2, -0.15) is 5.26 Å². The van der Waals surface area contributed by atoms with E-state index in [-0.39, 0.29) is 6.03 Å². The van der Waals surface area contributed by atoms with Crippen molar-refractivity contribution >= 4 is 11.7 Å². The summed E-state index contributed by atoms with van der Waals surface area (Å²) in [6, 6.07) is 10.5. The first-order chi connectivity index (χ1) is 12.2. The average Bonchev–Trinajstić information content (AvgIpc) is 2.63. The summed E-state index contributed by atoms with van der Waals surface area (Å²) in [7, 11) is 0. The normalized spacial score (nSPS) is 21.2. The van der Waals surface area contributed by atoms with Crippen LogP contribution in [-0.4, -0.2) is 28.0 Å². The van der Waals surface area contributed by atoms with Crippen LogP contribution in [-0.2, 0) is 0 Å². The fraction of sp³-hybridized carbons (Fsp3) is 0.350. The van der Waals surface area contributed by atoms with E-state index >= 15 is 0 Å². The third-order valence-electron chi connectivity index (χ3n) is 5.36. The van der Waals surface area contributed by atoms with E-state index in [0.29, 0.717) is 17.6 Å². The van der Waals surface area contributed by atoms with Gasteiger partial charge in [-0.3, -0.25) is 4.98 Å². The molecule has 2 aliphatic rings. The van der Waals surface area contributed by atoms with Crippen LogP contribution in [0.1, 0.15) is 36.8 Å². The highest BCUT2D eigenvalue weighted by molar-refractivity contribution is 5.91. The molecule has 0 spiro atoms. The van der Waals surface area contributed by atoms with E-state index in [1.165, 1.54) is 6.42 Å². The smallest absolute Gasteiger partial charge is 0.318 e. The number of nitriles is 1. The number of benzene rings is 1. The molecule has 3 heterocycles. The molecule has 2 unspecified atom stereocenters. The maximum Gasteiger partial charge on any atom is 0.322 e. The number of fused-ring (bicyclic) bond motifs is 2. The highest BCUT2D eigenvalue weighted by Crippen LogP contribution is 2.38. The van der Waals surface area contributed by atoms with Gasteiger partial charge in [-0.15, -0.1) is 0 Å². The van der Waals surface area contributed by atoms with Crippen molar-refractivity contribution in [2.24, 2.45) is 0 Å². The predicted molar refractivity (Wildman–Crippen MR) is 96.0 cm³/mol. The molecule has 0 saturated carbocycles. The molecule has 4 rings (SSSR count). The quantitative estimate of drug-likeness (QED) is 0.900. The van der Waals surface area contributed by atoms with Crippen molar-refractivity contribution in [3.8, 4) is 17.2 Å². The van der Waals surface area contributed by atoms with Crippen molar-refractivity contribution in [3.05, 3.63) is 47.8 Å². The third-order valence-corrected chi connectivity index (χ3v) is 5.36. The Morgan fingerprint density at radius 3 is 2.80 bits per heavy atom. The molecule has 2 aliphatic heterocycles. The van der Waals surface area contributed by atoms with Gasteiger partial charge >= 0.3 is 6.03 Å². The molecule has 0 radical (unpaired) electrons. The minimum absolute atomic E-state index is 0.0116. The first-order valence-electron chi connectivity index (χ1n) is 8.72. The summed E-state index contributed by atoms with van der Waals surface area (Å²) in [6.45, 7) is 1.99. The van der Waals surface area contributed by atoms with E-state index in [9.17, 15) is 10.1 Å². The lowest BCUT2D eigenvalue weighted by Crippen LogP contribution is -2.62. The first-order valence-corrected chi connectivity index (χ1v) is 8.72. The number of hydrogen-bond donors (Lipinski definition) is 1. The van der Waals surface area contributed by atoms with Gasteiger partial charge in [0.05, 0.1) is 11.6 Å². The van der Waals surface area contributed by atoms with Crippen LogP contribution in [0.3, 0.4) is 0 Å². The van der Waals surface area contributed by atoms with Gasteiger partial charge in [-0.1, -0.05) is 6.07 Å². The third kappa shape index (κ3) is 2.74. The molecule has 126 valence electrons. The lowest BCUT2D eigenvalue weighted by molar-refractivity contribution is 0.0173. The number of pyridine rings is 1. The molecule has 1 aromatic heterocycles. The van der Waals surface area contributed by atoms with E-state index in [4.69, 9.17) is 0 Å². The minimum atomic E-state index is -0.0116. The highest BCUT2D eigenvalue weighted by Gasteiger charge is 2.44. The van der Waals surface area contributed by atoms with Gasteiger partial charge in [-0.05, 0) is 61.9 Å². The molecular formula is C20H20N4O. The van der Waals surface area contributed by atoms with Crippen molar-refractivity contribution in [1.29, 1.82) is 5.26 Å². The van der Waals surface area contributed by atoms with Gasteiger partial charge in [0.1, 0.15) is 0 Å². The number of aromatic nitrogens is 1. The van der Waals surface area contributed by atoms with E-state index in [1.54, 1.807) is 18.5 Å². The summed E-state index contributed by atoms with van der Waals surface area (Å²) in [6.07, 6.45) is 7.92. The number of urea groups is 1. The summed E-state index contributed by atoms with van der Waals surface area (Å²) in [4.78, 5) is 18.8. The molecule has 2 saturated heterocycles. The molecule has 2 aromatic rings. The Hall–Kier alpha value is -2.87. The zero-order chi connectivity index (χ0) is 17.4. The standard InChI is InChI=1S/C20H20N4O/c1-13-5-6-15(9-18(13)19-12-22-8-7-14(19)11-21)23-20(25)24-16-3-2-4-17(24)10-16/h5-9,12,16-17H,2-4,10H2,1H3,(H,23,25). The summed E-state index contributed by atoms with van der Waals surface area (Å²) in [5.74, 6) is 0. The molecule has 2 bridgehead atoms. The molecule has 2 amide bonds. The summed E-state index contributed by atoms with van der Waals surface area (Å²) in [5, 5.41) is 12.4. The topological polar surface area (TPSA) is 69.0 Å². The van der Waals surface area contributed by atoms with Crippen LogP contribution in [0.5, 0.6) is 0 Å². The Bertz CT molecular complexity index is 856. The first kappa shape index (κ1) is 15.6. The summed E-state index contributed by atoms with van der Waals surface area (Å²) in [5.41, 5.74) is 4.09. The molecule has 2 fully saturated rings. The SMILES string of the molecule is Cc1ccc(NC(=O)N2C3CCCC2C3)cc1-c1cnccc1C#N. The zero-order valence-electron chi connectivity index (χ0n) is 14.2. The maximum absolute atomic E-state index is 12.6. The van der Waals surface area contributed by atoms with Gasteiger partial charge in [0, 0.05) is 35.7 Å². The largest absolute Gasteiger partial charge is 0.322 e. The van der Waals surface area contributed by atoms with Crippen LogP contribution in [0.4, 0.5) is 10.5 Å². The second-order valence-corrected chi connectivity index (χ2v) is 6.87. The summed E-state index contributed by atoms with van der Waals surface area (Å²) < 4.78 is 0. The van der Waals surface area contributed by atoms with Crippen LogP contribution in [0.2, 0.25) is 0 Å². The lowest BCUT2D eigenvalue weighted by atomic mass is 9.80. The number of amides is 2. The number of hydrogen-bond acceptors (Lipinski definition) is 3. The summed E-state index contributed by atoms with van der Waals surface area (Å²) >= 11 is 0. The van der Waals surface area contributed by atoms with Crippen LogP contribution in [0, 0.1) is 18.3 Å². The van der Waals surface area contributed by atoms with E-state index in [1.807, 2.05) is 30.0 Å². The van der Waals surface area contributed by atoms with E-state index < -0.39 is 0 Å². The van der Waals surface area contributed by atoms with Crippen molar-refractivity contribution in [1.82, 2.24) is 9.88 Å². The van der Waals surface area contributed by atoms with Gasteiger partial charge < -0.3 is 10.2 Å². The number of anilines is 1. The number of aryl methyl sites for hydroxylation is 1. The molecule has 25 heavy (non-hydrogen) atoms. The van der Waals surface area contributed by atoms with Crippen LogP contribution in [0.25, 0.3) is 11.1 Å². The fourth-order valence-corrected chi connectivity index (χ4v) is 4.02. The number of rotatable bonds is 2. The molecule has 1 aromatic carbocycles. The number of nitrogens with zero attached hydrogens (tertiary/aromatic N) is 3.